The number of carbonyl (C=O) groups excluding carboxylic acids is 1. The average Bonchev–Trinajstić information content (AvgIpc) is 2.79. The minimum absolute atomic E-state index is 0.00340. The van der Waals surface area contributed by atoms with E-state index in [1.807, 2.05) is 22.5 Å². The molecule has 0 radical (unpaired) electrons. The van der Waals surface area contributed by atoms with Crippen molar-refractivity contribution in [2.24, 2.45) is 0 Å². The molecular weight excluding hydrogens is 258 g/mol. The lowest BCUT2D eigenvalue weighted by Crippen LogP contribution is -2.33. The van der Waals surface area contributed by atoms with Crippen molar-refractivity contribution in [2.75, 3.05) is 18.0 Å². The monoisotopic (exact) mass is 281 g/mol. The number of nitrogens with two attached hydrogens (primary N) is 1. The third kappa shape index (κ3) is 3.93. The SMILES string of the molecule is CCCn1cc(N)cc1C(=O)NCC1CCCCS1. The normalized spacial score (nSPS) is 19.3. The number of nitrogens with one attached hydrogen (secondary N) is 1. The van der Waals surface area contributed by atoms with E-state index >= 15 is 0 Å². The number of aromatic nitrogens is 1. The molecule has 0 aromatic carbocycles. The number of thioether (sulfide) groups is 1. The van der Waals surface area contributed by atoms with E-state index in [-0.39, 0.29) is 5.91 Å². The number of amides is 1. The van der Waals surface area contributed by atoms with Crippen molar-refractivity contribution in [3.8, 4) is 0 Å². The molecule has 1 amide bonds. The molecule has 2 heterocycles. The zero-order valence-electron chi connectivity index (χ0n) is 11.5. The topological polar surface area (TPSA) is 60.0 Å². The standard InChI is InChI=1S/C14H23N3OS/c1-2-6-17-10-11(15)8-13(17)14(18)16-9-12-5-3-4-7-19-12/h8,10,12H,2-7,9,15H2,1H3,(H,16,18). The molecule has 1 saturated heterocycles. The first-order valence-electron chi connectivity index (χ1n) is 7.06. The number of nitrogens with zero attached hydrogens (tertiary/aromatic N) is 1. The van der Waals surface area contributed by atoms with E-state index in [4.69, 9.17) is 5.73 Å². The van der Waals surface area contributed by atoms with E-state index in [9.17, 15) is 4.79 Å². The molecule has 19 heavy (non-hydrogen) atoms. The minimum atomic E-state index is -0.00340. The summed E-state index contributed by atoms with van der Waals surface area (Å²) in [6, 6.07) is 1.76. The predicted octanol–water partition coefficient (Wildman–Crippen LogP) is 2.50. The van der Waals surface area contributed by atoms with E-state index in [0.717, 1.165) is 19.5 Å². The Labute approximate surface area is 119 Å². The Morgan fingerprint density at radius 1 is 1.58 bits per heavy atom. The van der Waals surface area contributed by atoms with Crippen molar-refractivity contribution in [3.63, 3.8) is 0 Å². The molecule has 1 fully saturated rings. The van der Waals surface area contributed by atoms with Gasteiger partial charge in [0.15, 0.2) is 0 Å². The van der Waals surface area contributed by atoms with E-state index in [1.165, 1.54) is 25.0 Å². The van der Waals surface area contributed by atoms with E-state index in [0.29, 0.717) is 16.6 Å². The van der Waals surface area contributed by atoms with Crippen LogP contribution in [0.1, 0.15) is 43.1 Å². The Hall–Kier alpha value is -1.10. The molecule has 2 rings (SSSR count). The maximum absolute atomic E-state index is 12.2. The van der Waals surface area contributed by atoms with Gasteiger partial charge < -0.3 is 15.6 Å². The number of hydrogen-bond donors (Lipinski definition) is 2. The van der Waals surface area contributed by atoms with E-state index in [2.05, 4.69) is 12.2 Å². The highest BCUT2D eigenvalue weighted by molar-refractivity contribution is 7.99. The van der Waals surface area contributed by atoms with Crippen molar-refractivity contribution < 1.29 is 4.79 Å². The smallest absolute Gasteiger partial charge is 0.268 e. The highest BCUT2D eigenvalue weighted by atomic mass is 32.2. The van der Waals surface area contributed by atoms with Crippen LogP contribution in [0.2, 0.25) is 0 Å². The summed E-state index contributed by atoms with van der Waals surface area (Å²) in [6.07, 6.45) is 6.64. The van der Waals surface area contributed by atoms with Gasteiger partial charge in [-0.25, -0.2) is 0 Å². The summed E-state index contributed by atoms with van der Waals surface area (Å²) in [7, 11) is 0. The van der Waals surface area contributed by atoms with Crippen LogP contribution in [0.3, 0.4) is 0 Å². The molecule has 0 saturated carbocycles. The van der Waals surface area contributed by atoms with Crippen molar-refractivity contribution in [1.82, 2.24) is 9.88 Å². The van der Waals surface area contributed by atoms with Gasteiger partial charge in [-0.05, 0) is 31.1 Å². The summed E-state index contributed by atoms with van der Waals surface area (Å²) >= 11 is 1.97. The molecule has 3 N–H and O–H groups in total. The first-order chi connectivity index (χ1) is 9.20. The summed E-state index contributed by atoms with van der Waals surface area (Å²) in [6.45, 7) is 3.69. The fourth-order valence-corrected chi connectivity index (χ4v) is 3.65. The summed E-state index contributed by atoms with van der Waals surface area (Å²) in [5, 5.41) is 3.62. The van der Waals surface area contributed by atoms with Crippen LogP contribution in [0.5, 0.6) is 0 Å². The number of nitrogen functional groups attached to an aromatic ring is 1. The van der Waals surface area contributed by atoms with Gasteiger partial charge in [-0.15, -0.1) is 0 Å². The number of carbonyl (C=O) groups is 1. The van der Waals surface area contributed by atoms with Gasteiger partial charge in [0.05, 0.1) is 5.69 Å². The summed E-state index contributed by atoms with van der Waals surface area (Å²) in [5.74, 6) is 1.22. The Kier molecular flexibility index (Phi) is 5.19. The van der Waals surface area contributed by atoms with Crippen LogP contribution in [0.25, 0.3) is 0 Å². The molecule has 0 bridgehead atoms. The Morgan fingerprint density at radius 2 is 2.42 bits per heavy atom. The Morgan fingerprint density at radius 3 is 3.11 bits per heavy atom. The van der Waals surface area contributed by atoms with Crippen molar-refractivity contribution in [1.29, 1.82) is 0 Å². The molecule has 1 aromatic heterocycles. The Balaban J connectivity index is 1.91. The van der Waals surface area contributed by atoms with Crippen LogP contribution in [-0.2, 0) is 6.54 Å². The van der Waals surface area contributed by atoms with Crippen LogP contribution in [-0.4, -0.2) is 28.0 Å². The number of rotatable bonds is 5. The van der Waals surface area contributed by atoms with Gasteiger partial charge in [0, 0.05) is 24.5 Å². The highest BCUT2D eigenvalue weighted by Crippen LogP contribution is 2.24. The van der Waals surface area contributed by atoms with Crippen LogP contribution in [0, 0.1) is 0 Å². The van der Waals surface area contributed by atoms with Gasteiger partial charge in [-0.1, -0.05) is 13.3 Å². The predicted molar refractivity (Wildman–Crippen MR) is 81.6 cm³/mol. The summed E-state index contributed by atoms with van der Waals surface area (Å²) < 4.78 is 1.94. The van der Waals surface area contributed by atoms with Gasteiger partial charge in [-0.2, -0.15) is 11.8 Å². The maximum atomic E-state index is 12.2. The van der Waals surface area contributed by atoms with Crippen LogP contribution in [0.15, 0.2) is 12.3 Å². The average molecular weight is 281 g/mol. The van der Waals surface area contributed by atoms with Gasteiger partial charge in [-0.3, -0.25) is 4.79 Å². The molecule has 1 aromatic rings. The van der Waals surface area contributed by atoms with Crippen LogP contribution >= 0.6 is 11.8 Å². The zero-order chi connectivity index (χ0) is 13.7. The molecule has 1 unspecified atom stereocenters. The van der Waals surface area contributed by atoms with E-state index < -0.39 is 0 Å². The molecular formula is C14H23N3OS. The lowest BCUT2D eigenvalue weighted by atomic mass is 10.2. The molecule has 106 valence electrons. The third-order valence-electron chi connectivity index (χ3n) is 3.38. The lowest BCUT2D eigenvalue weighted by Gasteiger charge is -2.21. The molecule has 1 aliphatic rings. The molecule has 0 spiro atoms. The third-order valence-corrected chi connectivity index (χ3v) is 4.78. The maximum Gasteiger partial charge on any atom is 0.268 e. The van der Waals surface area contributed by atoms with Gasteiger partial charge in [0.25, 0.3) is 5.91 Å². The van der Waals surface area contributed by atoms with Crippen molar-refractivity contribution in [3.05, 3.63) is 18.0 Å². The van der Waals surface area contributed by atoms with Crippen molar-refractivity contribution in [2.45, 2.75) is 44.4 Å². The Bertz CT molecular complexity index is 424. The van der Waals surface area contributed by atoms with Gasteiger partial charge in [0.1, 0.15) is 5.69 Å². The number of hydrogen-bond acceptors (Lipinski definition) is 3. The second kappa shape index (κ2) is 6.89. The first kappa shape index (κ1) is 14.3. The zero-order valence-corrected chi connectivity index (χ0v) is 12.3. The second-order valence-corrected chi connectivity index (χ2v) is 6.46. The molecule has 5 heteroatoms. The molecule has 1 aliphatic heterocycles. The van der Waals surface area contributed by atoms with Crippen LogP contribution < -0.4 is 11.1 Å². The van der Waals surface area contributed by atoms with E-state index in [1.54, 1.807) is 6.07 Å². The summed E-state index contributed by atoms with van der Waals surface area (Å²) in [4.78, 5) is 12.2. The quantitative estimate of drug-likeness (QED) is 0.871. The van der Waals surface area contributed by atoms with Crippen molar-refractivity contribution >= 4 is 23.4 Å². The highest BCUT2D eigenvalue weighted by Gasteiger charge is 2.17. The van der Waals surface area contributed by atoms with Gasteiger partial charge >= 0.3 is 0 Å². The molecule has 4 nitrogen and oxygen atoms in total. The lowest BCUT2D eigenvalue weighted by molar-refractivity contribution is 0.0944. The second-order valence-electron chi connectivity index (χ2n) is 5.05. The fraction of sp³-hybridized carbons (Fsp3) is 0.643. The van der Waals surface area contributed by atoms with Crippen LogP contribution in [0.4, 0.5) is 5.69 Å². The largest absolute Gasteiger partial charge is 0.397 e. The fourth-order valence-electron chi connectivity index (χ4n) is 2.41. The summed E-state index contributed by atoms with van der Waals surface area (Å²) in [5.41, 5.74) is 7.12. The number of aryl methyl sites for hydroxylation is 1. The van der Waals surface area contributed by atoms with Gasteiger partial charge in [0.2, 0.25) is 0 Å². The first-order valence-corrected chi connectivity index (χ1v) is 8.11. The molecule has 0 aliphatic carbocycles. The minimum Gasteiger partial charge on any atom is -0.397 e. The molecule has 1 atom stereocenters. The number of anilines is 1.